The van der Waals surface area contributed by atoms with Crippen LogP contribution in [0.3, 0.4) is 0 Å². The van der Waals surface area contributed by atoms with E-state index in [0.29, 0.717) is 24.5 Å². The van der Waals surface area contributed by atoms with Gasteiger partial charge in [0, 0.05) is 18.8 Å². The van der Waals surface area contributed by atoms with Crippen molar-refractivity contribution in [2.45, 2.75) is 6.42 Å². The van der Waals surface area contributed by atoms with E-state index in [-0.39, 0.29) is 17.9 Å². The van der Waals surface area contributed by atoms with Crippen molar-refractivity contribution in [2.75, 3.05) is 43.6 Å². The van der Waals surface area contributed by atoms with Crippen molar-refractivity contribution in [1.82, 2.24) is 0 Å². The van der Waals surface area contributed by atoms with Crippen molar-refractivity contribution >= 4 is 23.3 Å². The summed E-state index contributed by atoms with van der Waals surface area (Å²) in [6.07, 6.45) is 0.00356. The number of hydrogen-bond acceptors (Lipinski definition) is 5. The molecule has 1 aliphatic heterocycles. The fourth-order valence-electron chi connectivity index (χ4n) is 2.97. The van der Waals surface area contributed by atoms with Crippen LogP contribution in [0.15, 0.2) is 42.5 Å². The number of halogens is 1. The lowest BCUT2D eigenvalue weighted by Crippen LogP contribution is -2.36. The van der Waals surface area contributed by atoms with Crippen LogP contribution in [0.5, 0.6) is 0 Å². The molecule has 6 nitrogen and oxygen atoms in total. The number of amides is 1. The molecular weight excluding hydrogens is 351 g/mol. The van der Waals surface area contributed by atoms with E-state index in [9.17, 15) is 14.0 Å². The number of ether oxygens (including phenoxy) is 2. The summed E-state index contributed by atoms with van der Waals surface area (Å²) in [6.45, 7) is 2.71. The summed E-state index contributed by atoms with van der Waals surface area (Å²) >= 11 is 0. The first-order valence-electron chi connectivity index (χ1n) is 8.66. The van der Waals surface area contributed by atoms with Crippen LogP contribution in [0.25, 0.3) is 0 Å². The number of esters is 1. The van der Waals surface area contributed by atoms with Gasteiger partial charge in [-0.1, -0.05) is 12.1 Å². The lowest BCUT2D eigenvalue weighted by molar-refractivity contribution is -0.115. The van der Waals surface area contributed by atoms with E-state index in [0.717, 1.165) is 18.8 Å². The topological polar surface area (TPSA) is 67.9 Å². The summed E-state index contributed by atoms with van der Waals surface area (Å²) < 4.78 is 23.5. The van der Waals surface area contributed by atoms with Gasteiger partial charge >= 0.3 is 5.97 Å². The molecule has 142 valence electrons. The van der Waals surface area contributed by atoms with Crippen LogP contribution < -0.4 is 10.2 Å². The number of anilines is 2. The molecule has 0 unspecified atom stereocenters. The highest BCUT2D eigenvalue weighted by atomic mass is 19.1. The molecule has 1 saturated heterocycles. The number of carbonyl (C=O) groups excluding carboxylic acids is 2. The number of methoxy groups -OCH3 is 1. The van der Waals surface area contributed by atoms with Gasteiger partial charge in [0.2, 0.25) is 5.91 Å². The summed E-state index contributed by atoms with van der Waals surface area (Å²) in [5, 5.41) is 2.72. The lowest BCUT2D eigenvalue weighted by atomic mass is 10.1. The minimum absolute atomic E-state index is 0.00356. The molecule has 0 saturated carbocycles. The highest BCUT2D eigenvalue weighted by Gasteiger charge is 2.18. The quantitative estimate of drug-likeness (QED) is 0.818. The van der Waals surface area contributed by atoms with Crippen molar-refractivity contribution < 1.29 is 23.5 Å². The van der Waals surface area contributed by atoms with Gasteiger partial charge in [0.25, 0.3) is 0 Å². The molecule has 0 spiro atoms. The smallest absolute Gasteiger partial charge is 0.340 e. The van der Waals surface area contributed by atoms with E-state index in [1.54, 1.807) is 24.3 Å². The maximum absolute atomic E-state index is 13.3. The standard InChI is InChI=1S/C20H21FN2O4/c1-26-20(25)17-13-16(23-7-9-27-10-8-23)5-6-18(17)22-19(24)12-14-3-2-4-15(21)11-14/h2-6,11,13H,7-10,12H2,1H3,(H,22,24). The molecule has 2 aromatic rings. The third kappa shape index (κ3) is 4.83. The molecule has 0 aliphatic carbocycles. The maximum Gasteiger partial charge on any atom is 0.340 e. The maximum atomic E-state index is 13.3. The molecule has 27 heavy (non-hydrogen) atoms. The average molecular weight is 372 g/mol. The molecule has 0 bridgehead atoms. The number of rotatable bonds is 5. The molecule has 0 atom stereocenters. The molecule has 3 rings (SSSR count). The number of nitrogens with zero attached hydrogens (tertiary/aromatic N) is 1. The highest BCUT2D eigenvalue weighted by molar-refractivity contribution is 6.02. The average Bonchev–Trinajstić information content (AvgIpc) is 2.68. The van der Waals surface area contributed by atoms with Crippen LogP contribution in [0.1, 0.15) is 15.9 Å². The first kappa shape index (κ1) is 18.8. The summed E-state index contributed by atoms with van der Waals surface area (Å²) in [7, 11) is 1.29. The van der Waals surface area contributed by atoms with Crippen LogP contribution in [0, 0.1) is 5.82 Å². The number of nitrogens with one attached hydrogen (secondary N) is 1. The van der Waals surface area contributed by atoms with Crippen molar-refractivity contribution in [3.05, 3.63) is 59.4 Å². The first-order chi connectivity index (χ1) is 13.1. The molecule has 2 aromatic carbocycles. The Hall–Kier alpha value is -2.93. The second-order valence-electron chi connectivity index (χ2n) is 6.18. The van der Waals surface area contributed by atoms with Gasteiger partial charge in [0.05, 0.1) is 38.0 Å². The Morgan fingerprint density at radius 2 is 1.96 bits per heavy atom. The van der Waals surface area contributed by atoms with Gasteiger partial charge < -0.3 is 19.7 Å². The molecule has 0 radical (unpaired) electrons. The molecule has 1 fully saturated rings. The van der Waals surface area contributed by atoms with Crippen LogP contribution in [0.2, 0.25) is 0 Å². The Morgan fingerprint density at radius 1 is 1.19 bits per heavy atom. The SMILES string of the molecule is COC(=O)c1cc(N2CCOCC2)ccc1NC(=O)Cc1cccc(F)c1. The van der Waals surface area contributed by atoms with Gasteiger partial charge in [-0.25, -0.2) is 9.18 Å². The zero-order valence-electron chi connectivity index (χ0n) is 15.0. The lowest BCUT2D eigenvalue weighted by Gasteiger charge is -2.29. The van der Waals surface area contributed by atoms with Crippen LogP contribution in [-0.2, 0) is 20.7 Å². The fraction of sp³-hybridized carbons (Fsp3) is 0.300. The Kier molecular flexibility index (Phi) is 6.03. The molecule has 1 N–H and O–H groups in total. The minimum atomic E-state index is -0.536. The second-order valence-corrected chi connectivity index (χ2v) is 6.18. The van der Waals surface area contributed by atoms with Crippen LogP contribution >= 0.6 is 0 Å². The third-order valence-corrected chi connectivity index (χ3v) is 4.31. The molecule has 1 amide bonds. The van der Waals surface area contributed by atoms with E-state index in [1.165, 1.54) is 19.2 Å². The molecule has 0 aromatic heterocycles. The summed E-state index contributed by atoms with van der Waals surface area (Å²) in [5.41, 5.74) is 2.05. The number of hydrogen-bond donors (Lipinski definition) is 1. The van der Waals surface area contributed by atoms with Gasteiger partial charge in [0.1, 0.15) is 5.82 Å². The van der Waals surface area contributed by atoms with E-state index in [2.05, 4.69) is 10.2 Å². The largest absolute Gasteiger partial charge is 0.465 e. The molecular formula is C20H21FN2O4. The van der Waals surface area contributed by atoms with Crippen LogP contribution in [-0.4, -0.2) is 45.3 Å². The number of carbonyl (C=O) groups is 2. The predicted octanol–water partition coefficient (Wildman–Crippen LogP) is 2.63. The fourth-order valence-corrected chi connectivity index (χ4v) is 2.97. The first-order valence-corrected chi connectivity index (χ1v) is 8.66. The van der Waals surface area contributed by atoms with E-state index in [4.69, 9.17) is 9.47 Å². The molecule has 7 heteroatoms. The second kappa shape index (κ2) is 8.64. The van der Waals surface area contributed by atoms with Gasteiger partial charge in [-0.05, 0) is 35.9 Å². The van der Waals surface area contributed by atoms with E-state index in [1.807, 2.05) is 6.07 Å². The molecule has 1 aliphatic rings. The summed E-state index contributed by atoms with van der Waals surface area (Å²) in [6, 6.07) is 11.1. The Labute approximate surface area is 156 Å². The van der Waals surface area contributed by atoms with Crippen molar-refractivity contribution in [2.24, 2.45) is 0 Å². The predicted molar refractivity (Wildman–Crippen MR) is 99.5 cm³/mol. The van der Waals surface area contributed by atoms with Gasteiger partial charge in [-0.15, -0.1) is 0 Å². The van der Waals surface area contributed by atoms with Gasteiger partial charge in [0.15, 0.2) is 0 Å². The zero-order valence-corrected chi connectivity index (χ0v) is 15.0. The Bertz CT molecular complexity index is 834. The van der Waals surface area contributed by atoms with Gasteiger partial charge in [-0.3, -0.25) is 4.79 Å². The summed E-state index contributed by atoms with van der Waals surface area (Å²) in [4.78, 5) is 26.6. The van der Waals surface area contributed by atoms with Crippen LogP contribution in [0.4, 0.5) is 15.8 Å². The van der Waals surface area contributed by atoms with Gasteiger partial charge in [-0.2, -0.15) is 0 Å². The van der Waals surface area contributed by atoms with Crippen molar-refractivity contribution in [1.29, 1.82) is 0 Å². The zero-order chi connectivity index (χ0) is 19.2. The minimum Gasteiger partial charge on any atom is -0.465 e. The highest BCUT2D eigenvalue weighted by Crippen LogP contribution is 2.25. The summed E-state index contributed by atoms with van der Waals surface area (Å²) in [5.74, 6) is -1.28. The van der Waals surface area contributed by atoms with Crippen molar-refractivity contribution in [3.63, 3.8) is 0 Å². The van der Waals surface area contributed by atoms with E-state index >= 15 is 0 Å². The normalized spacial score (nSPS) is 13.9. The third-order valence-electron chi connectivity index (χ3n) is 4.31. The number of morpholine rings is 1. The van der Waals surface area contributed by atoms with E-state index < -0.39 is 11.8 Å². The Balaban J connectivity index is 1.78. The van der Waals surface area contributed by atoms with Crippen molar-refractivity contribution in [3.8, 4) is 0 Å². The monoisotopic (exact) mass is 372 g/mol. The molecule has 1 heterocycles. The Morgan fingerprint density at radius 3 is 2.67 bits per heavy atom. The number of benzene rings is 2.